The number of hydrogen-bond donors (Lipinski definition) is 2. The highest BCUT2D eigenvalue weighted by molar-refractivity contribution is 5.69. The molecule has 2 N–H and O–H groups in total. The van der Waals surface area contributed by atoms with Crippen molar-refractivity contribution in [3.63, 3.8) is 0 Å². The summed E-state index contributed by atoms with van der Waals surface area (Å²) in [6.45, 7) is 2.95. The van der Waals surface area contributed by atoms with Gasteiger partial charge in [0.05, 0.1) is 0 Å². The van der Waals surface area contributed by atoms with Gasteiger partial charge >= 0.3 is 5.97 Å². The summed E-state index contributed by atoms with van der Waals surface area (Å²) in [5.41, 5.74) is 0. The van der Waals surface area contributed by atoms with Crippen molar-refractivity contribution >= 4 is 5.97 Å². The summed E-state index contributed by atoms with van der Waals surface area (Å²) in [5, 5.41) is 18.2. The smallest absolute Gasteiger partial charge is 0.308 e. The van der Waals surface area contributed by atoms with Crippen LogP contribution in [0.5, 0.6) is 0 Å². The van der Waals surface area contributed by atoms with E-state index in [9.17, 15) is 9.90 Å². The standard InChI is InChI=1S/C17H34O4/c1-3-4-5-6-7-8-9-10-11-12-13-14-16(19)21-17(2,20)15-18/h18,20H,3-15H2,1-2H3. The van der Waals surface area contributed by atoms with Gasteiger partial charge in [0.25, 0.3) is 0 Å². The topological polar surface area (TPSA) is 66.8 Å². The summed E-state index contributed by atoms with van der Waals surface area (Å²) in [6.07, 6.45) is 13.9. The third-order valence-electron chi connectivity index (χ3n) is 3.61. The Morgan fingerprint density at radius 1 is 0.905 bits per heavy atom. The molecule has 0 bridgehead atoms. The van der Waals surface area contributed by atoms with Gasteiger partial charge in [-0.3, -0.25) is 4.79 Å². The summed E-state index contributed by atoms with van der Waals surface area (Å²) in [4.78, 5) is 11.4. The number of carbonyl (C=O) groups excluding carboxylic acids is 1. The maximum Gasteiger partial charge on any atom is 0.308 e. The molecule has 1 atom stereocenters. The quantitative estimate of drug-likeness (QED) is 0.290. The molecule has 0 heterocycles. The normalized spacial score (nSPS) is 13.9. The molecule has 0 saturated carbocycles. The van der Waals surface area contributed by atoms with Crippen LogP contribution in [0.15, 0.2) is 0 Å². The van der Waals surface area contributed by atoms with E-state index in [4.69, 9.17) is 9.84 Å². The van der Waals surface area contributed by atoms with Crippen LogP contribution in [0.25, 0.3) is 0 Å². The van der Waals surface area contributed by atoms with Crippen molar-refractivity contribution in [1.29, 1.82) is 0 Å². The number of hydrogen-bond acceptors (Lipinski definition) is 4. The van der Waals surface area contributed by atoms with Crippen LogP contribution in [0.3, 0.4) is 0 Å². The maximum atomic E-state index is 11.4. The minimum absolute atomic E-state index is 0.313. The highest BCUT2D eigenvalue weighted by Crippen LogP contribution is 2.13. The Bertz CT molecular complexity index is 251. The van der Waals surface area contributed by atoms with Crippen molar-refractivity contribution in [1.82, 2.24) is 0 Å². The Morgan fingerprint density at radius 3 is 1.76 bits per heavy atom. The summed E-state index contributed by atoms with van der Waals surface area (Å²) in [7, 11) is 0. The number of ether oxygens (including phenoxy) is 1. The number of aliphatic hydroxyl groups excluding tert-OH is 1. The first-order valence-corrected chi connectivity index (χ1v) is 8.57. The maximum absolute atomic E-state index is 11.4. The average Bonchev–Trinajstić information content (AvgIpc) is 2.44. The van der Waals surface area contributed by atoms with E-state index in [2.05, 4.69) is 6.92 Å². The second-order valence-corrected chi connectivity index (χ2v) is 6.09. The molecule has 4 nitrogen and oxygen atoms in total. The van der Waals surface area contributed by atoms with Crippen molar-refractivity contribution in [3.8, 4) is 0 Å². The molecule has 0 rings (SSSR count). The van der Waals surface area contributed by atoms with E-state index >= 15 is 0 Å². The molecule has 4 heteroatoms. The Kier molecular flexibility index (Phi) is 12.7. The van der Waals surface area contributed by atoms with Crippen LogP contribution in [0.4, 0.5) is 0 Å². The summed E-state index contributed by atoms with van der Waals surface area (Å²) in [6, 6.07) is 0. The zero-order valence-corrected chi connectivity index (χ0v) is 13.9. The second kappa shape index (κ2) is 13.1. The lowest BCUT2D eigenvalue weighted by Gasteiger charge is -2.20. The van der Waals surface area contributed by atoms with E-state index in [1.165, 1.54) is 58.3 Å². The number of rotatable bonds is 14. The first kappa shape index (κ1) is 20.4. The van der Waals surface area contributed by atoms with Gasteiger partial charge in [-0.25, -0.2) is 0 Å². The van der Waals surface area contributed by atoms with Gasteiger partial charge in [0.2, 0.25) is 5.79 Å². The molecule has 0 aromatic carbocycles. The van der Waals surface area contributed by atoms with Crippen LogP contribution in [-0.2, 0) is 9.53 Å². The molecule has 0 aromatic heterocycles. The average molecular weight is 302 g/mol. The van der Waals surface area contributed by atoms with Crippen LogP contribution < -0.4 is 0 Å². The predicted molar refractivity (Wildman–Crippen MR) is 84.9 cm³/mol. The van der Waals surface area contributed by atoms with Gasteiger partial charge in [-0.2, -0.15) is 0 Å². The minimum atomic E-state index is -1.74. The summed E-state index contributed by atoms with van der Waals surface area (Å²) < 4.78 is 4.75. The Balaban J connectivity index is 3.27. The highest BCUT2D eigenvalue weighted by Gasteiger charge is 2.23. The minimum Gasteiger partial charge on any atom is -0.431 e. The van der Waals surface area contributed by atoms with E-state index in [1.54, 1.807) is 0 Å². The van der Waals surface area contributed by atoms with E-state index in [0.717, 1.165) is 19.3 Å². The molecule has 0 aliphatic heterocycles. The van der Waals surface area contributed by atoms with Crippen LogP contribution >= 0.6 is 0 Å². The Hall–Kier alpha value is -0.610. The molecule has 0 aliphatic carbocycles. The molecule has 0 radical (unpaired) electrons. The Labute approximate surface area is 129 Å². The number of carbonyl (C=O) groups is 1. The van der Waals surface area contributed by atoms with Crippen LogP contribution in [-0.4, -0.2) is 28.6 Å². The van der Waals surface area contributed by atoms with Crippen LogP contribution in [0.1, 0.15) is 90.9 Å². The predicted octanol–water partition coefficient (Wildman–Crippen LogP) is 3.93. The van der Waals surface area contributed by atoms with Crippen molar-refractivity contribution in [2.24, 2.45) is 0 Å². The van der Waals surface area contributed by atoms with Gasteiger partial charge in [-0.1, -0.05) is 71.1 Å². The summed E-state index contributed by atoms with van der Waals surface area (Å²) in [5.74, 6) is -2.18. The zero-order chi connectivity index (χ0) is 16.0. The third kappa shape index (κ3) is 14.1. The van der Waals surface area contributed by atoms with Gasteiger partial charge in [-0.15, -0.1) is 0 Å². The second-order valence-electron chi connectivity index (χ2n) is 6.09. The first-order chi connectivity index (χ1) is 10.0. The lowest BCUT2D eigenvalue weighted by molar-refractivity contribution is -0.214. The SMILES string of the molecule is CCCCCCCCCCCCCC(=O)OC(C)(O)CO. The van der Waals surface area contributed by atoms with Gasteiger partial charge in [0, 0.05) is 13.3 Å². The lowest BCUT2D eigenvalue weighted by atomic mass is 10.1. The van der Waals surface area contributed by atoms with Gasteiger partial charge in [0.15, 0.2) is 0 Å². The van der Waals surface area contributed by atoms with Crippen molar-refractivity contribution in [2.75, 3.05) is 6.61 Å². The number of esters is 1. The van der Waals surface area contributed by atoms with Gasteiger partial charge in [-0.05, 0) is 6.42 Å². The van der Waals surface area contributed by atoms with E-state index in [1.807, 2.05) is 0 Å². The zero-order valence-electron chi connectivity index (χ0n) is 13.9. The molecule has 0 saturated heterocycles. The number of unbranched alkanes of at least 4 members (excludes halogenated alkanes) is 10. The van der Waals surface area contributed by atoms with Crippen LogP contribution in [0.2, 0.25) is 0 Å². The molecule has 0 aromatic rings. The lowest BCUT2D eigenvalue weighted by Crippen LogP contribution is -2.35. The van der Waals surface area contributed by atoms with Crippen molar-refractivity contribution in [3.05, 3.63) is 0 Å². The van der Waals surface area contributed by atoms with Gasteiger partial charge in [0.1, 0.15) is 6.61 Å². The fraction of sp³-hybridized carbons (Fsp3) is 0.941. The monoisotopic (exact) mass is 302 g/mol. The molecule has 0 fully saturated rings. The fourth-order valence-corrected chi connectivity index (χ4v) is 2.26. The molecule has 21 heavy (non-hydrogen) atoms. The highest BCUT2D eigenvalue weighted by atomic mass is 16.7. The van der Waals surface area contributed by atoms with E-state index < -0.39 is 18.4 Å². The molecule has 1 unspecified atom stereocenters. The third-order valence-corrected chi connectivity index (χ3v) is 3.61. The van der Waals surface area contributed by atoms with Gasteiger partial charge < -0.3 is 14.9 Å². The molecule has 0 amide bonds. The van der Waals surface area contributed by atoms with E-state index in [-0.39, 0.29) is 0 Å². The van der Waals surface area contributed by atoms with Crippen LogP contribution in [0, 0.1) is 0 Å². The molecular formula is C17H34O4. The number of aliphatic hydroxyl groups is 2. The molecule has 0 aliphatic rings. The first-order valence-electron chi connectivity index (χ1n) is 8.57. The van der Waals surface area contributed by atoms with Crippen molar-refractivity contribution < 1.29 is 19.7 Å². The molecule has 0 spiro atoms. The molecule has 126 valence electrons. The Morgan fingerprint density at radius 2 is 1.33 bits per heavy atom. The largest absolute Gasteiger partial charge is 0.431 e. The fourth-order valence-electron chi connectivity index (χ4n) is 2.26. The summed E-state index contributed by atoms with van der Waals surface area (Å²) >= 11 is 0. The van der Waals surface area contributed by atoms with Crippen molar-refractivity contribution in [2.45, 2.75) is 96.7 Å². The molecular weight excluding hydrogens is 268 g/mol. The van der Waals surface area contributed by atoms with E-state index in [0.29, 0.717) is 6.42 Å².